The zero-order chi connectivity index (χ0) is 21.2. The highest BCUT2D eigenvalue weighted by atomic mass is 127. The molecule has 0 radical (unpaired) electrons. The highest BCUT2D eigenvalue weighted by Crippen LogP contribution is 2.14. The van der Waals surface area contributed by atoms with Crippen molar-refractivity contribution in [2.45, 2.75) is 32.7 Å². The van der Waals surface area contributed by atoms with E-state index >= 15 is 0 Å². The van der Waals surface area contributed by atoms with E-state index in [0.717, 1.165) is 42.1 Å². The van der Waals surface area contributed by atoms with Crippen molar-refractivity contribution in [3.05, 3.63) is 36.4 Å². The zero-order valence-electron chi connectivity index (χ0n) is 18.3. The molecule has 9 heteroatoms. The second-order valence-corrected chi connectivity index (χ2v) is 7.18. The van der Waals surface area contributed by atoms with Crippen molar-refractivity contribution >= 4 is 52.8 Å². The maximum Gasteiger partial charge on any atom is 0.409 e. The van der Waals surface area contributed by atoms with Crippen LogP contribution >= 0.6 is 24.0 Å². The molecule has 0 saturated carbocycles. The number of benzene rings is 1. The van der Waals surface area contributed by atoms with E-state index < -0.39 is 0 Å². The van der Waals surface area contributed by atoms with Crippen LogP contribution in [0.15, 0.2) is 41.4 Å². The minimum absolute atomic E-state index is 0. The van der Waals surface area contributed by atoms with Gasteiger partial charge in [-0.25, -0.2) is 9.78 Å². The van der Waals surface area contributed by atoms with Gasteiger partial charge in [0.05, 0.1) is 18.7 Å². The minimum atomic E-state index is -0.218. The Bertz CT molecular complexity index is 855. The maximum atomic E-state index is 11.8. The number of carbonyl (C=O) groups is 1. The van der Waals surface area contributed by atoms with Crippen molar-refractivity contribution in [2.24, 2.45) is 4.99 Å². The molecule has 1 saturated heterocycles. The molecule has 1 amide bonds. The van der Waals surface area contributed by atoms with Crippen molar-refractivity contribution in [3.63, 3.8) is 0 Å². The van der Waals surface area contributed by atoms with Crippen molar-refractivity contribution < 1.29 is 9.53 Å². The second-order valence-electron chi connectivity index (χ2n) is 7.18. The molecule has 3 rings (SSSR count). The summed E-state index contributed by atoms with van der Waals surface area (Å²) in [6.07, 6.45) is 1.54. The maximum absolute atomic E-state index is 11.8. The Labute approximate surface area is 201 Å². The van der Waals surface area contributed by atoms with E-state index in [0.29, 0.717) is 38.8 Å². The van der Waals surface area contributed by atoms with Gasteiger partial charge in [-0.05, 0) is 44.9 Å². The Morgan fingerprint density at radius 2 is 1.97 bits per heavy atom. The number of aromatic nitrogens is 1. The first kappa shape index (κ1) is 25.0. The van der Waals surface area contributed by atoms with Crippen LogP contribution in [0.2, 0.25) is 0 Å². The number of rotatable bonds is 7. The predicted octanol–water partition coefficient (Wildman–Crippen LogP) is 3.44. The molecule has 1 aromatic heterocycles. The number of halogens is 1. The molecule has 0 spiro atoms. The fraction of sp³-hybridized carbons (Fsp3) is 0.500. The van der Waals surface area contributed by atoms with Gasteiger partial charge < -0.3 is 25.6 Å². The molecule has 0 atom stereocenters. The number of piperidine rings is 1. The number of fused-ring (bicyclic) bond motifs is 1. The van der Waals surface area contributed by atoms with Gasteiger partial charge in [-0.15, -0.1) is 24.0 Å². The molecule has 0 aliphatic carbocycles. The summed E-state index contributed by atoms with van der Waals surface area (Å²) in [5, 5.41) is 11.3. The first-order valence-electron chi connectivity index (χ1n) is 10.8. The van der Waals surface area contributed by atoms with Crippen LogP contribution in [0.25, 0.3) is 10.9 Å². The third-order valence-corrected chi connectivity index (χ3v) is 4.99. The van der Waals surface area contributed by atoms with Gasteiger partial charge in [0.2, 0.25) is 0 Å². The number of amides is 1. The van der Waals surface area contributed by atoms with Crippen LogP contribution in [0.1, 0.15) is 26.7 Å². The Balaban J connectivity index is 0.00000341. The van der Waals surface area contributed by atoms with Crippen molar-refractivity contribution in [3.8, 4) is 0 Å². The van der Waals surface area contributed by atoms with Gasteiger partial charge in [0.1, 0.15) is 5.82 Å². The lowest BCUT2D eigenvalue weighted by molar-refractivity contribution is 0.0963. The lowest BCUT2D eigenvalue weighted by Crippen LogP contribution is -2.50. The number of para-hydroxylation sites is 1. The Kier molecular flexibility index (Phi) is 10.6. The van der Waals surface area contributed by atoms with E-state index in [1.165, 1.54) is 0 Å². The van der Waals surface area contributed by atoms with E-state index in [2.05, 4.69) is 45.0 Å². The molecule has 0 bridgehead atoms. The summed E-state index contributed by atoms with van der Waals surface area (Å²) in [5.74, 6) is 1.66. The average Bonchev–Trinajstić information content (AvgIpc) is 2.77. The molecule has 0 unspecified atom stereocenters. The minimum Gasteiger partial charge on any atom is -0.450 e. The van der Waals surface area contributed by atoms with Crippen LogP contribution in [-0.2, 0) is 4.74 Å². The van der Waals surface area contributed by atoms with Gasteiger partial charge in [0, 0.05) is 37.6 Å². The SMILES string of the molecule is CCNC(=NCCNc1ccc2ccccc2n1)NC1CCN(C(=O)OCC)CC1.I. The lowest BCUT2D eigenvalue weighted by atomic mass is 10.1. The molecule has 170 valence electrons. The van der Waals surface area contributed by atoms with Crippen LogP contribution < -0.4 is 16.0 Å². The Morgan fingerprint density at radius 1 is 1.19 bits per heavy atom. The molecule has 1 aliphatic heterocycles. The van der Waals surface area contributed by atoms with E-state index in [-0.39, 0.29) is 30.1 Å². The standard InChI is InChI=1S/C22H32N6O2.HI/c1-3-23-21(26-18-11-15-28(16-12-18)22(29)30-4-2)25-14-13-24-20-10-9-17-7-5-6-8-19(17)27-20;/h5-10,18H,3-4,11-16H2,1-2H3,(H,24,27)(H2,23,25,26);1H. The summed E-state index contributed by atoms with van der Waals surface area (Å²) in [4.78, 5) is 22.9. The Morgan fingerprint density at radius 3 is 2.71 bits per heavy atom. The van der Waals surface area contributed by atoms with Crippen molar-refractivity contribution in [1.82, 2.24) is 20.5 Å². The number of ether oxygens (including phenoxy) is 1. The van der Waals surface area contributed by atoms with E-state index in [1.807, 2.05) is 31.2 Å². The van der Waals surface area contributed by atoms with Crippen molar-refractivity contribution in [1.29, 1.82) is 0 Å². The molecule has 2 heterocycles. The zero-order valence-corrected chi connectivity index (χ0v) is 20.6. The van der Waals surface area contributed by atoms with Gasteiger partial charge >= 0.3 is 6.09 Å². The highest BCUT2D eigenvalue weighted by Gasteiger charge is 2.23. The molecule has 1 fully saturated rings. The summed E-state index contributed by atoms with van der Waals surface area (Å²) in [6.45, 7) is 7.82. The van der Waals surface area contributed by atoms with E-state index in [4.69, 9.17) is 4.74 Å². The smallest absolute Gasteiger partial charge is 0.409 e. The quantitative estimate of drug-likeness (QED) is 0.216. The van der Waals surface area contributed by atoms with Crippen molar-refractivity contribution in [2.75, 3.05) is 44.6 Å². The number of nitrogens with one attached hydrogen (secondary N) is 3. The van der Waals surface area contributed by atoms with Gasteiger partial charge in [-0.1, -0.05) is 18.2 Å². The molecule has 2 aromatic rings. The third kappa shape index (κ3) is 7.71. The summed E-state index contributed by atoms with van der Waals surface area (Å²) >= 11 is 0. The van der Waals surface area contributed by atoms with Gasteiger partial charge in [-0.3, -0.25) is 4.99 Å². The first-order valence-corrected chi connectivity index (χ1v) is 10.8. The average molecular weight is 540 g/mol. The second kappa shape index (κ2) is 13.2. The highest BCUT2D eigenvalue weighted by molar-refractivity contribution is 14.0. The van der Waals surface area contributed by atoms with E-state index in [9.17, 15) is 4.79 Å². The summed E-state index contributed by atoms with van der Waals surface area (Å²) in [5.41, 5.74) is 0.982. The third-order valence-electron chi connectivity index (χ3n) is 4.99. The topological polar surface area (TPSA) is 90.9 Å². The van der Waals surface area contributed by atoms with Crippen LogP contribution in [0.4, 0.5) is 10.6 Å². The normalized spacial score (nSPS) is 14.6. The summed E-state index contributed by atoms with van der Waals surface area (Å²) < 4.78 is 5.08. The van der Waals surface area contributed by atoms with Crippen LogP contribution in [-0.4, -0.2) is 67.3 Å². The molecule has 1 aromatic carbocycles. The fourth-order valence-corrected chi connectivity index (χ4v) is 3.45. The summed E-state index contributed by atoms with van der Waals surface area (Å²) in [6, 6.07) is 12.4. The fourth-order valence-electron chi connectivity index (χ4n) is 3.45. The van der Waals surface area contributed by atoms with Crippen LogP contribution in [0.5, 0.6) is 0 Å². The molecule has 1 aliphatic rings. The number of guanidine groups is 1. The number of hydrogen-bond acceptors (Lipinski definition) is 5. The van der Waals surface area contributed by atoms with Gasteiger partial charge in [-0.2, -0.15) is 0 Å². The number of hydrogen-bond donors (Lipinski definition) is 3. The molecule has 8 nitrogen and oxygen atoms in total. The molecule has 3 N–H and O–H groups in total. The lowest BCUT2D eigenvalue weighted by Gasteiger charge is -2.32. The summed E-state index contributed by atoms with van der Waals surface area (Å²) in [7, 11) is 0. The van der Waals surface area contributed by atoms with E-state index in [1.54, 1.807) is 4.90 Å². The van der Waals surface area contributed by atoms with Crippen LogP contribution in [0.3, 0.4) is 0 Å². The molecular weight excluding hydrogens is 507 g/mol. The Hall–Kier alpha value is -2.30. The number of pyridine rings is 1. The molecular formula is C22H33IN6O2. The predicted molar refractivity (Wildman–Crippen MR) is 136 cm³/mol. The van der Waals surface area contributed by atoms with Gasteiger partial charge in [0.25, 0.3) is 0 Å². The number of likely N-dealkylation sites (tertiary alicyclic amines) is 1. The molecule has 31 heavy (non-hydrogen) atoms. The number of carbonyl (C=O) groups excluding carboxylic acids is 1. The number of aliphatic imine (C=N–C) groups is 1. The van der Waals surface area contributed by atoms with Crippen LogP contribution in [0, 0.1) is 0 Å². The largest absolute Gasteiger partial charge is 0.450 e. The van der Waals surface area contributed by atoms with Gasteiger partial charge in [0.15, 0.2) is 5.96 Å². The number of anilines is 1. The monoisotopic (exact) mass is 540 g/mol. The first-order chi connectivity index (χ1) is 14.7. The number of nitrogens with zero attached hydrogens (tertiary/aromatic N) is 3.